The first kappa shape index (κ1) is 21.8. The van der Waals surface area contributed by atoms with Crippen molar-refractivity contribution in [3.8, 4) is 17.1 Å². The van der Waals surface area contributed by atoms with E-state index in [1.54, 1.807) is 0 Å². The Labute approximate surface area is 233 Å². The molecule has 0 aliphatic rings. The second-order valence-electron chi connectivity index (χ2n) is 10.2. The number of pyridine rings is 2. The van der Waals surface area contributed by atoms with Crippen molar-refractivity contribution in [1.82, 2.24) is 14.5 Å². The van der Waals surface area contributed by atoms with Crippen molar-refractivity contribution < 1.29 is 0 Å². The molecule has 0 radical (unpaired) electrons. The third-order valence-electron chi connectivity index (χ3n) is 7.98. The van der Waals surface area contributed by atoms with Crippen LogP contribution < -0.4 is 0 Å². The fourth-order valence-electron chi connectivity index (χ4n) is 6.26. The van der Waals surface area contributed by atoms with Crippen molar-refractivity contribution in [2.24, 2.45) is 0 Å². The Balaban J connectivity index is 1.41. The van der Waals surface area contributed by atoms with E-state index in [0.717, 1.165) is 33.6 Å². The molecule has 0 bridgehead atoms. The molecular weight excluding hydrogens is 506 g/mol. The number of hydrogen-bond donors (Lipinski definition) is 0. The molecule has 9 rings (SSSR count). The van der Waals surface area contributed by atoms with E-state index in [1.807, 2.05) is 29.5 Å². The fourth-order valence-corrected chi connectivity index (χ4v) is 7.52. The van der Waals surface area contributed by atoms with Crippen LogP contribution in [0.3, 0.4) is 0 Å². The number of fused-ring (bicyclic) bond motifs is 11. The van der Waals surface area contributed by atoms with Crippen LogP contribution in [-0.4, -0.2) is 14.5 Å². The summed E-state index contributed by atoms with van der Waals surface area (Å²) in [6.07, 6.45) is 0. The molecule has 0 unspecified atom stereocenters. The van der Waals surface area contributed by atoms with Crippen LogP contribution in [0.2, 0.25) is 0 Å². The van der Waals surface area contributed by atoms with E-state index in [9.17, 15) is 0 Å². The number of para-hydroxylation sites is 1. The second-order valence-corrected chi connectivity index (χ2v) is 11.2. The lowest BCUT2D eigenvalue weighted by Gasteiger charge is -2.10. The molecule has 0 N–H and O–H groups in total. The van der Waals surface area contributed by atoms with Crippen LogP contribution in [0.5, 0.6) is 0 Å². The Morgan fingerprint density at radius 3 is 2.00 bits per heavy atom. The quantitative estimate of drug-likeness (QED) is 0.224. The molecule has 0 atom stereocenters. The van der Waals surface area contributed by atoms with Crippen molar-refractivity contribution in [1.29, 1.82) is 0 Å². The number of aromatic nitrogens is 3. The van der Waals surface area contributed by atoms with Crippen LogP contribution in [0.1, 0.15) is 0 Å². The van der Waals surface area contributed by atoms with Gasteiger partial charge in [0, 0.05) is 31.8 Å². The number of nitrogens with zero attached hydrogens (tertiary/aromatic N) is 3. The monoisotopic (exact) mass is 527 g/mol. The number of benzene rings is 5. The minimum atomic E-state index is 0.886. The van der Waals surface area contributed by atoms with Crippen LogP contribution in [-0.2, 0) is 0 Å². The Kier molecular flexibility index (Phi) is 4.48. The van der Waals surface area contributed by atoms with Crippen LogP contribution in [0.15, 0.2) is 127 Å². The molecule has 4 aromatic heterocycles. The summed E-state index contributed by atoms with van der Waals surface area (Å²) in [6, 6.07) is 45.0. The fraction of sp³-hybridized carbons (Fsp3) is 0. The zero-order chi connectivity index (χ0) is 26.2. The first-order valence-corrected chi connectivity index (χ1v) is 14.3. The third kappa shape index (κ3) is 2.99. The van der Waals surface area contributed by atoms with Gasteiger partial charge in [0.2, 0.25) is 0 Å². The van der Waals surface area contributed by atoms with Crippen LogP contribution >= 0.6 is 11.3 Å². The van der Waals surface area contributed by atoms with E-state index in [1.165, 1.54) is 47.2 Å². The normalized spacial score (nSPS) is 12.0. The molecule has 0 saturated carbocycles. The highest BCUT2D eigenvalue weighted by atomic mass is 32.1. The topological polar surface area (TPSA) is 30.7 Å². The van der Waals surface area contributed by atoms with E-state index < -0.39 is 0 Å². The number of hydrogen-bond acceptors (Lipinski definition) is 3. The lowest BCUT2D eigenvalue weighted by molar-refractivity contribution is 1.10. The molecule has 3 nitrogen and oxygen atoms in total. The SMILES string of the molecule is c1ccc(-c2ccc3nc(-n4c5ccccc5c5c6ccccc6c6c7ccccc7sc6c54)ccc3n2)cc1. The summed E-state index contributed by atoms with van der Waals surface area (Å²) in [7, 11) is 0. The summed E-state index contributed by atoms with van der Waals surface area (Å²) >= 11 is 1.87. The standard InChI is InChI=1S/C36H21N3S/c1-2-10-22(11-3-1)27-18-19-29-28(37-27)20-21-32(38-29)39-30-16-8-6-14-25(30)33-23-12-4-5-13-24(23)34-26-15-7-9-17-31(26)40-36(34)35(33)39/h1-21H. The first-order valence-electron chi connectivity index (χ1n) is 13.4. The van der Waals surface area contributed by atoms with E-state index in [4.69, 9.17) is 9.97 Å². The van der Waals surface area contributed by atoms with Crippen molar-refractivity contribution >= 4 is 75.1 Å². The molecule has 186 valence electrons. The lowest BCUT2D eigenvalue weighted by Crippen LogP contribution is -1.98. The largest absolute Gasteiger partial charge is 0.292 e. The Bertz CT molecular complexity index is 2430. The highest BCUT2D eigenvalue weighted by Gasteiger charge is 2.22. The van der Waals surface area contributed by atoms with Gasteiger partial charge in [-0.05, 0) is 47.2 Å². The zero-order valence-corrected chi connectivity index (χ0v) is 22.2. The minimum Gasteiger partial charge on any atom is -0.292 e. The number of rotatable bonds is 2. The molecule has 0 spiro atoms. The van der Waals surface area contributed by atoms with Crippen molar-refractivity contribution in [3.05, 3.63) is 127 Å². The molecule has 0 aliphatic heterocycles. The molecule has 4 heteroatoms. The van der Waals surface area contributed by atoms with Gasteiger partial charge in [-0.15, -0.1) is 11.3 Å². The van der Waals surface area contributed by atoms with Crippen LogP contribution in [0, 0.1) is 0 Å². The van der Waals surface area contributed by atoms with Gasteiger partial charge in [0.1, 0.15) is 5.82 Å². The van der Waals surface area contributed by atoms with Crippen molar-refractivity contribution in [2.75, 3.05) is 0 Å². The maximum Gasteiger partial charge on any atom is 0.138 e. The van der Waals surface area contributed by atoms with E-state index in [2.05, 4.69) is 114 Å². The minimum absolute atomic E-state index is 0.886. The predicted octanol–water partition coefficient (Wildman–Crippen LogP) is 9.91. The average molecular weight is 528 g/mol. The summed E-state index contributed by atoms with van der Waals surface area (Å²) in [5.41, 5.74) is 6.22. The molecular formula is C36H21N3S. The van der Waals surface area contributed by atoms with Gasteiger partial charge in [0.15, 0.2) is 0 Å². The summed E-state index contributed by atoms with van der Waals surface area (Å²) in [5.74, 6) is 0.905. The van der Waals surface area contributed by atoms with Gasteiger partial charge in [-0.3, -0.25) is 4.57 Å². The maximum absolute atomic E-state index is 5.20. The first-order chi connectivity index (χ1) is 19.8. The Hall–Kier alpha value is -5.06. The maximum atomic E-state index is 5.20. The van der Waals surface area contributed by atoms with Gasteiger partial charge in [0.05, 0.1) is 32.5 Å². The average Bonchev–Trinajstić information content (AvgIpc) is 3.58. The van der Waals surface area contributed by atoms with Gasteiger partial charge < -0.3 is 0 Å². The smallest absolute Gasteiger partial charge is 0.138 e. The molecule has 40 heavy (non-hydrogen) atoms. The summed E-state index contributed by atoms with van der Waals surface area (Å²) < 4.78 is 4.96. The highest BCUT2D eigenvalue weighted by molar-refractivity contribution is 7.27. The van der Waals surface area contributed by atoms with Crippen LogP contribution in [0.25, 0.3) is 80.9 Å². The van der Waals surface area contributed by atoms with Gasteiger partial charge >= 0.3 is 0 Å². The summed E-state index contributed by atoms with van der Waals surface area (Å²) in [5, 5.41) is 7.73. The third-order valence-corrected chi connectivity index (χ3v) is 9.15. The molecule has 0 saturated heterocycles. The number of thiophene rings is 1. The van der Waals surface area contributed by atoms with E-state index in [-0.39, 0.29) is 0 Å². The molecule has 4 heterocycles. The van der Waals surface area contributed by atoms with Gasteiger partial charge in [-0.2, -0.15) is 0 Å². The molecule has 0 aliphatic carbocycles. The second kappa shape index (κ2) is 8.22. The predicted molar refractivity (Wildman–Crippen MR) is 170 cm³/mol. The Morgan fingerprint density at radius 1 is 0.500 bits per heavy atom. The van der Waals surface area contributed by atoms with Crippen LogP contribution in [0.4, 0.5) is 0 Å². The summed E-state index contributed by atoms with van der Waals surface area (Å²) in [4.78, 5) is 10.1. The molecule has 0 amide bonds. The zero-order valence-electron chi connectivity index (χ0n) is 21.4. The van der Waals surface area contributed by atoms with Gasteiger partial charge in [-0.25, -0.2) is 9.97 Å². The molecule has 5 aromatic carbocycles. The lowest BCUT2D eigenvalue weighted by atomic mass is 9.99. The van der Waals surface area contributed by atoms with E-state index in [0.29, 0.717) is 0 Å². The van der Waals surface area contributed by atoms with Gasteiger partial charge in [-0.1, -0.05) is 91.0 Å². The summed E-state index contributed by atoms with van der Waals surface area (Å²) in [6.45, 7) is 0. The van der Waals surface area contributed by atoms with Crippen molar-refractivity contribution in [3.63, 3.8) is 0 Å². The van der Waals surface area contributed by atoms with Crippen molar-refractivity contribution in [2.45, 2.75) is 0 Å². The van der Waals surface area contributed by atoms with E-state index >= 15 is 0 Å². The Morgan fingerprint density at radius 2 is 1.15 bits per heavy atom. The highest BCUT2D eigenvalue weighted by Crippen LogP contribution is 2.47. The molecule has 9 aromatic rings. The molecule has 0 fully saturated rings. The van der Waals surface area contributed by atoms with Gasteiger partial charge in [0.25, 0.3) is 0 Å².